The average molecular weight is 292 g/mol. The maximum Gasteiger partial charge on any atom is 0.321 e. The molecular weight excluding hydrogens is 278 g/mol. The van der Waals surface area contributed by atoms with Crippen LogP contribution in [0, 0.1) is 0 Å². The summed E-state index contributed by atoms with van der Waals surface area (Å²) in [6.07, 6.45) is 4.06. The van der Waals surface area contributed by atoms with E-state index >= 15 is 0 Å². The molecule has 1 unspecified atom stereocenters. The summed E-state index contributed by atoms with van der Waals surface area (Å²) in [4.78, 5) is 17.9. The van der Waals surface area contributed by atoms with Gasteiger partial charge in [-0.2, -0.15) is 5.10 Å². The SMILES string of the molecule is O=C(Nc1ccccc1Cl)N1CCC(n2cncn2)C1. The zero-order chi connectivity index (χ0) is 13.9. The highest BCUT2D eigenvalue weighted by Crippen LogP contribution is 2.24. The van der Waals surface area contributed by atoms with E-state index in [-0.39, 0.29) is 12.1 Å². The van der Waals surface area contributed by atoms with Gasteiger partial charge in [0.2, 0.25) is 0 Å². The van der Waals surface area contributed by atoms with E-state index in [2.05, 4.69) is 15.4 Å². The highest BCUT2D eigenvalue weighted by Gasteiger charge is 2.28. The first kappa shape index (κ1) is 12.9. The quantitative estimate of drug-likeness (QED) is 0.924. The Kier molecular flexibility index (Phi) is 3.56. The summed E-state index contributed by atoms with van der Waals surface area (Å²) < 4.78 is 1.79. The van der Waals surface area contributed by atoms with Crippen LogP contribution in [0.2, 0.25) is 5.02 Å². The van der Waals surface area contributed by atoms with Crippen molar-refractivity contribution < 1.29 is 4.79 Å². The first-order valence-corrected chi connectivity index (χ1v) is 6.76. The van der Waals surface area contributed by atoms with Crippen molar-refractivity contribution in [3.05, 3.63) is 41.9 Å². The summed E-state index contributed by atoms with van der Waals surface area (Å²) in [6.45, 7) is 1.32. The van der Waals surface area contributed by atoms with Gasteiger partial charge in [0.25, 0.3) is 0 Å². The monoisotopic (exact) mass is 291 g/mol. The number of anilines is 1. The Morgan fingerprint density at radius 1 is 1.40 bits per heavy atom. The minimum absolute atomic E-state index is 0.138. The molecule has 6 nitrogen and oxygen atoms in total. The zero-order valence-electron chi connectivity index (χ0n) is 10.7. The number of halogens is 1. The molecule has 104 valence electrons. The van der Waals surface area contributed by atoms with E-state index in [4.69, 9.17) is 11.6 Å². The maximum absolute atomic E-state index is 12.2. The van der Waals surface area contributed by atoms with Gasteiger partial charge in [-0.25, -0.2) is 14.5 Å². The summed E-state index contributed by atoms with van der Waals surface area (Å²) in [5.74, 6) is 0. The molecule has 3 rings (SSSR count). The molecule has 20 heavy (non-hydrogen) atoms. The van der Waals surface area contributed by atoms with Crippen LogP contribution in [0.5, 0.6) is 0 Å². The molecular formula is C13H14ClN5O. The van der Waals surface area contributed by atoms with Crippen LogP contribution in [-0.2, 0) is 0 Å². The fraction of sp³-hybridized carbons (Fsp3) is 0.308. The summed E-state index contributed by atoms with van der Waals surface area (Å²) >= 11 is 6.03. The van der Waals surface area contributed by atoms with Crippen LogP contribution in [0.4, 0.5) is 10.5 Å². The highest BCUT2D eigenvalue weighted by atomic mass is 35.5. The molecule has 1 fully saturated rings. The number of nitrogens with one attached hydrogen (secondary N) is 1. The van der Waals surface area contributed by atoms with Gasteiger partial charge in [-0.3, -0.25) is 0 Å². The number of para-hydroxylation sites is 1. The predicted octanol–water partition coefficient (Wildman–Crippen LogP) is 2.41. The summed E-state index contributed by atoms with van der Waals surface area (Å²) in [5, 5.41) is 7.48. The number of carbonyl (C=O) groups excluding carboxylic acids is 1. The van der Waals surface area contributed by atoms with Gasteiger partial charge >= 0.3 is 6.03 Å². The van der Waals surface area contributed by atoms with Crippen molar-refractivity contribution in [3.63, 3.8) is 0 Å². The van der Waals surface area contributed by atoms with Crippen molar-refractivity contribution in [1.82, 2.24) is 19.7 Å². The zero-order valence-corrected chi connectivity index (χ0v) is 11.5. The van der Waals surface area contributed by atoms with Gasteiger partial charge in [0.1, 0.15) is 12.7 Å². The topological polar surface area (TPSA) is 63.1 Å². The third-order valence-electron chi connectivity index (χ3n) is 3.38. The van der Waals surface area contributed by atoms with Crippen molar-refractivity contribution in [2.75, 3.05) is 18.4 Å². The molecule has 1 atom stereocenters. The summed E-state index contributed by atoms with van der Waals surface area (Å²) in [7, 11) is 0. The van der Waals surface area contributed by atoms with E-state index in [1.54, 1.807) is 28.0 Å². The van der Waals surface area contributed by atoms with Gasteiger partial charge in [-0.15, -0.1) is 0 Å². The molecule has 1 aliphatic rings. The summed E-state index contributed by atoms with van der Waals surface area (Å²) in [5.41, 5.74) is 0.628. The molecule has 0 radical (unpaired) electrons. The van der Waals surface area contributed by atoms with Crippen molar-refractivity contribution in [2.24, 2.45) is 0 Å². The fourth-order valence-electron chi connectivity index (χ4n) is 2.30. The van der Waals surface area contributed by atoms with Gasteiger partial charge in [-0.1, -0.05) is 23.7 Å². The van der Waals surface area contributed by atoms with Gasteiger partial charge in [0.05, 0.1) is 16.8 Å². The number of hydrogen-bond donors (Lipinski definition) is 1. The first-order chi connectivity index (χ1) is 9.74. The normalized spacial score (nSPS) is 18.2. The lowest BCUT2D eigenvalue weighted by Gasteiger charge is -2.17. The highest BCUT2D eigenvalue weighted by molar-refractivity contribution is 6.33. The lowest BCUT2D eigenvalue weighted by Crippen LogP contribution is -2.33. The Balaban J connectivity index is 1.63. The summed E-state index contributed by atoms with van der Waals surface area (Å²) in [6, 6.07) is 7.25. The van der Waals surface area contributed by atoms with E-state index in [1.807, 2.05) is 12.1 Å². The van der Waals surface area contributed by atoms with Gasteiger partial charge in [-0.05, 0) is 18.6 Å². The molecule has 2 heterocycles. The number of hydrogen-bond acceptors (Lipinski definition) is 3. The molecule has 0 aliphatic carbocycles. The van der Waals surface area contributed by atoms with Crippen LogP contribution < -0.4 is 5.32 Å². The van der Waals surface area contributed by atoms with Gasteiger partial charge < -0.3 is 10.2 Å². The Morgan fingerprint density at radius 3 is 3.00 bits per heavy atom. The van der Waals surface area contributed by atoms with E-state index < -0.39 is 0 Å². The molecule has 1 N–H and O–H groups in total. The number of likely N-dealkylation sites (tertiary alicyclic amines) is 1. The molecule has 1 aromatic carbocycles. The predicted molar refractivity (Wildman–Crippen MR) is 75.7 cm³/mol. The maximum atomic E-state index is 12.2. The van der Waals surface area contributed by atoms with Crippen LogP contribution in [0.15, 0.2) is 36.9 Å². The number of aromatic nitrogens is 3. The number of rotatable bonds is 2. The van der Waals surface area contributed by atoms with Gasteiger partial charge in [0, 0.05) is 13.1 Å². The molecule has 1 aromatic heterocycles. The van der Waals surface area contributed by atoms with Crippen LogP contribution in [0.1, 0.15) is 12.5 Å². The molecule has 2 aromatic rings. The number of nitrogens with zero attached hydrogens (tertiary/aromatic N) is 4. The Labute approximate surface area is 121 Å². The number of carbonyl (C=O) groups is 1. The van der Waals surface area contributed by atoms with Crippen LogP contribution in [0.25, 0.3) is 0 Å². The van der Waals surface area contributed by atoms with Crippen molar-refractivity contribution in [2.45, 2.75) is 12.5 Å². The second-order valence-electron chi connectivity index (χ2n) is 4.67. The van der Waals surface area contributed by atoms with Crippen molar-refractivity contribution in [1.29, 1.82) is 0 Å². The third kappa shape index (κ3) is 2.60. The molecule has 0 spiro atoms. The van der Waals surface area contributed by atoms with Gasteiger partial charge in [0.15, 0.2) is 0 Å². The minimum Gasteiger partial charge on any atom is -0.322 e. The van der Waals surface area contributed by atoms with E-state index in [0.29, 0.717) is 23.8 Å². The number of benzene rings is 1. The molecule has 2 amide bonds. The Hall–Kier alpha value is -2.08. The lowest BCUT2D eigenvalue weighted by atomic mass is 10.3. The Morgan fingerprint density at radius 2 is 2.25 bits per heavy atom. The molecule has 1 saturated heterocycles. The van der Waals surface area contributed by atoms with Crippen molar-refractivity contribution >= 4 is 23.3 Å². The average Bonchev–Trinajstić information content (AvgIpc) is 3.11. The van der Waals surface area contributed by atoms with E-state index in [1.165, 1.54) is 6.33 Å². The van der Waals surface area contributed by atoms with E-state index in [0.717, 1.165) is 6.42 Å². The number of amides is 2. The molecule has 0 bridgehead atoms. The second-order valence-corrected chi connectivity index (χ2v) is 5.08. The molecule has 1 aliphatic heterocycles. The third-order valence-corrected chi connectivity index (χ3v) is 3.71. The van der Waals surface area contributed by atoms with Crippen LogP contribution in [-0.4, -0.2) is 38.8 Å². The minimum atomic E-state index is -0.138. The Bertz CT molecular complexity index is 601. The molecule has 7 heteroatoms. The smallest absolute Gasteiger partial charge is 0.321 e. The number of urea groups is 1. The second kappa shape index (κ2) is 5.50. The van der Waals surface area contributed by atoms with Crippen LogP contribution in [0.3, 0.4) is 0 Å². The van der Waals surface area contributed by atoms with E-state index in [9.17, 15) is 4.79 Å². The first-order valence-electron chi connectivity index (χ1n) is 6.38. The largest absolute Gasteiger partial charge is 0.322 e. The molecule has 0 saturated carbocycles. The van der Waals surface area contributed by atoms with Crippen LogP contribution >= 0.6 is 11.6 Å². The standard InChI is InChI=1S/C13H14ClN5O/c14-11-3-1-2-4-12(11)17-13(20)18-6-5-10(7-18)19-9-15-8-16-19/h1-4,8-10H,5-7H2,(H,17,20). The van der Waals surface area contributed by atoms with Crippen molar-refractivity contribution in [3.8, 4) is 0 Å². The lowest BCUT2D eigenvalue weighted by molar-refractivity contribution is 0.220. The fourth-order valence-corrected chi connectivity index (χ4v) is 2.49.